The van der Waals surface area contributed by atoms with E-state index in [9.17, 15) is 4.39 Å². The van der Waals surface area contributed by atoms with Crippen LogP contribution in [-0.2, 0) is 0 Å². The Hall–Kier alpha value is -1.43. The molecule has 1 aliphatic rings. The van der Waals surface area contributed by atoms with Gasteiger partial charge < -0.3 is 15.1 Å². The van der Waals surface area contributed by atoms with Crippen molar-refractivity contribution in [3.05, 3.63) is 12.0 Å². The number of likely N-dealkylation sites (N-methyl/N-ethyl adjacent to an activating group) is 1. The second-order valence-corrected chi connectivity index (χ2v) is 4.77. The first-order valence-corrected chi connectivity index (χ1v) is 6.27. The van der Waals surface area contributed by atoms with E-state index in [0.29, 0.717) is 11.8 Å². The molecule has 1 aliphatic heterocycles. The van der Waals surface area contributed by atoms with Crippen LogP contribution >= 0.6 is 0 Å². The molecule has 1 unspecified atom stereocenters. The van der Waals surface area contributed by atoms with Crippen molar-refractivity contribution >= 4 is 11.8 Å². The van der Waals surface area contributed by atoms with Crippen molar-refractivity contribution in [3.8, 4) is 0 Å². The van der Waals surface area contributed by atoms with E-state index in [4.69, 9.17) is 0 Å². The molecule has 0 aliphatic carbocycles. The van der Waals surface area contributed by atoms with E-state index in [1.807, 2.05) is 4.90 Å². The van der Waals surface area contributed by atoms with Crippen molar-refractivity contribution < 1.29 is 4.39 Å². The lowest BCUT2D eigenvalue weighted by molar-refractivity contribution is 0.336. The number of aromatic nitrogens is 2. The van der Waals surface area contributed by atoms with Gasteiger partial charge in [-0.1, -0.05) is 0 Å². The van der Waals surface area contributed by atoms with E-state index >= 15 is 0 Å². The van der Waals surface area contributed by atoms with E-state index in [0.717, 1.165) is 26.1 Å². The zero-order valence-corrected chi connectivity index (χ0v) is 11.1. The fraction of sp³-hybridized carbons (Fsp3) is 0.667. The van der Waals surface area contributed by atoms with Gasteiger partial charge in [0.15, 0.2) is 11.6 Å². The van der Waals surface area contributed by atoms with E-state index in [1.54, 1.807) is 7.05 Å². The fourth-order valence-electron chi connectivity index (χ4n) is 2.37. The summed E-state index contributed by atoms with van der Waals surface area (Å²) in [5.74, 6) is 0.499. The second-order valence-electron chi connectivity index (χ2n) is 4.77. The molecule has 0 spiro atoms. The summed E-state index contributed by atoms with van der Waals surface area (Å²) in [6.45, 7) is 4.87. The number of halogens is 1. The number of rotatable bonds is 2. The van der Waals surface area contributed by atoms with Crippen LogP contribution in [0.4, 0.5) is 16.2 Å². The van der Waals surface area contributed by atoms with Gasteiger partial charge in [-0.15, -0.1) is 0 Å². The highest BCUT2D eigenvalue weighted by Crippen LogP contribution is 2.21. The van der Waals surface area contributed by atoms with Gasteiger partial charge in [0.25, 0.3) is 0 Å². The molecule has 18 heavy (non-hydrogen) atoms. The summed E-state index contributed by atoms with van der Waals surface area (Å²) in [4.78, 5) is 12.4. The van der Waals surface area contributed by atoms with Gasteiger partial charge in [0.05, 0.1) is 6.20 Å². The highest BCUT2D eigenvalue weighted by molar-refractivity contribution is 5.44. The largest absolute Gasteiger partial charge is 0.357 e. The van der Waals surface area contributed by atoms with Gasteiger partial charge in [-0.25, -0.2) is 9.37 Å². The SMILES string of the molecule is CNc1ncc(F)c(N2CCCN(C)CC2C)n1. The summed E-state index contributed by atoms with van der Waals surface area (Å²) in [5.41, 5.74) is 0. The van der Waals surface area contributed by atoms with Gasteiger partial charge in [-0.3, -0.25) is 0 Å². The number of anilines is 2. The number of nitrogens with one attached hydrogen (secondary N) is 1. The summed E-state index contributed by atoms with van der Waals surface area (Å²) in [7, 11) is 3.83. The maximum absolute atomic E-state index is 13.9. The molecule has 1 fully saturated rings. The molecule has 0 saturated carbocycles. The van der Waals surface area contributed by atoms with Crippen LogP contribution in [0.2, 0.25) is 0 Å². The van der Waals surface area contributed by atoms with Crippen LogP contribution in [0.5, 0.6) is 0 Å². The first kappa shape index (κ1) is 13.0. The normalized spacial score (nSPS) is 21.8. The Morgan fingerprint density at radius 1 is 1.44 bits per heavy atom. The third kappa shape index (κ3) is 2.69. The van der Waals surface area contributed by atoms with Crippen molar-refractivity contribution in [1.29, 1.82) is 0 Å². The molecule has 1 N–H and O–H groups in total. The summed E-state index contributed by atoms with van der Waals surface area (Å²) in [6, 6.07) is 0.242. The van der Waals surface area contributed by atoms with Crippen LogP contribution in [-0.4, -0.2) is 54.6 Å². The zero-order chi connectivity index (χ0) is 13.1. The first-order valence-electron chi connectivity index (χ1n) is 6.27. The van der Waals surface area contributed by atoms with Crippen LogP contribution in [0.1, 0.15) is 13.3 Å². The van der Waals surface area contributed by atoms with Crippen molar-refractivity contribution in [3.63, 3.8) is 0 Å². The molecule has 5 nitrogen and oxygen atoms in total. The molecular formula is C12H20FN5. The van der Waals surface area contributed by atoms with Gasteiger partial charge in [-0.2, -0.15) is 4.98 Å². The van der Waals surface area contributed by atoms with Gasteiger partial charge in [0, 0.05) is 26.2 Å². The molecule has 0 radical (unpaired) electrons. The summed E-state index contributed by atoms with van der Waals surface area (Å²) >= 11 is 0. The standard InChI is InChI=1S/C12H20FN5/c1-9-8-17(3)5-4-6-18(9)11-10(13)7-15-12(14-2)16-11/h7,9H,4-6,8H2,1-3H3,(H,14,15,16). The smallest absolute Gasteiger partial charge is 0.224 e. The Bertz CT molecular complexity index is 411. The molecular weight excluding hydrogens is 233 g/mol. The van der Waals surface area contributed by atoms with Crippen molar-refractivity contribution in [2.24, 2.45) is 0 Å². The average Bonchev–Trinajstić information content (AvgIpc) is 2.51. The van der Waals surface area contributed by atoms with Crippen molar-refractivity contribution in [2.45, 2.75) is 19.4 Å². The lowest BCUT2D eigenvalue weighted by atomic mass is 10.2. The second kappa shape index (κ2) is 5.48. The molecule has 2 heterocycles. The number of hydrogen-bond donors (Lipinski definition) is 1. The highest BCUT2D eigenvalue weighted by Gasteiger charge is 2.23. The van der Waals surface area contributed by atoms with Gasteiger partial charge in [-0.05, 0) is 26.9 Å². The quantitative estimate of drug-likeness (QED) is 0.857. The minimum atomic E-state index is -0.356. The molecule has 100 valence electrons. The minimum Gasteiger partial charge on any atom is -0.357 e. The molecule has 1 aromatic rings. The molecule has 1 saturated heterocycles. The van der Waals surface area contributed by atoms with Crippen LogP contribution in [0.25, 0.3) is 0 Å². The Kier molecular flexibility index (Phi) is 3.96. The van der Waals surface area contributed by atoms with Crippen LogP contribution < -0.4 is 10.2 Å². The number of nitrogens with zero attached hydrogens (tertiary/aromatic N) is 4. The van der Waals surface area contributed by atoms with Crippen LogP contribution in [0.15, 0.2) is 6.20 Å². The molecule has 0 aromatic carbocycles. The van der Waals surface area contributed by atoms with Crippen LogP contribution in [0.3, 0.4) is 0 Å². The zero-order valence-electron chi connectivity index (χ0n) is 11.1. The van der Waals surface area contributed by atoms with E-state index in [1.165, 1.54) is 6.20 Å². The van der Waals surface area contributed by atoms with Gasteiger partial charge >= 0.3 is 0 Å². The fourth-order valence-corrected chi connectivity index (χ4v) is 2.37. The minimum absolute atomic E-state index is 0.242. The van der Waals surface area contributed by atoms with E-state index in [-0.39, 0.29) is 11.9 Å². The first-order chi connectivity index (χ1) is 8.61. The summed E-state index contributed by atoms with van der Waals surface area (Å²) in [5, 5.41) is 2.85. The average molecular weight is 253 g/mol. The predicted octanol–water partition coefficient (Wildman–Crippen LogP) is 1.19. The number of hydrogen-bond acceptors (Lipinski definition) is 5. The van der Waals surface area contributed by atoms with E-state index < -0.39 is 0 Å². The lowest BCUT2D eigenvalue weighted by Crippen LogP contribution is -2.39. The molecule has 1 aromatic heterocycles. The molecule has 1 atom stereocenters. The van der Waals surface area contributed by atoms with Crippen molar-refractivity contribution in [1.82, 2.24) is 14.9 Å². The predicted molar refractivity (Wildman–Crippen MR) is 70.5 cm³/mol. The maximum Gasteiger partial charge on any atom is 0.224 e. The third-order valence-corrected chi connectivity index (χ3v) is 3.27. The Balaban J connectivity index is 2.28. The highest BCUT2D eigenvalue weighted by atomic mass is 19.1. The molecule has 0 bridgehead atoms. The van der Waals surface area contributed by atoms with Crippen molar-refractivity contribution in [2.75, 3.05) is 43.9 Å². The Labute approximate surface area is 107 Å². The van der Waals surface area contributed by atoms with E-state index in [2.05, 4.69) is 34.2 Å². The maximum atomic E-state index is 13.9. The van der Waals surface area contributed by atoms with Gasteiger partial charge in [0.1, 0.15) is 0 Å². The molecule has 2 rings (SSSR count). The molecule has 6 heteroatoms. The van der Waals surface area contributed by atoms with Gasteiger partial charge in [0.2, 0.25) is 5.95 Å². The topological polar surface area (TPSA) is 44.3 Å². The third-order valence-electron chi connectivity index (χ3n) is 3.27. The summed E-state index contributed by atoms with van der Waals surface area (Å²) in [6.07, 6.45) is 2.24. The lowest BCUT2D eigenvalue weighted by Gasteiger charge is -2.29. The molecule has 0 amide bonds. The Morgan fingerprint density at radius 2 is 2.22 bits per heavy atom. The Morgan fingerprint density at radius 3 is 2.94 bits per heavy atom. The van der Waals surface area contributed by atoms with Crippen LogP contribution in [0, 0.1) is 5.82 Å². The monoisotopic (exact) mass is 253 g/mol. The summed E-state index contributed by atoms with van der Waals surface area (Å²) < 4.78 is 13.9.